The van der Waals surface area contributed by atoms with Crippen molar-refractivity contribution in [1.29, 1.82) is 0 Å². The van der Waals surface area contributed by atoms with Gasteiger partial charge >= 0.3 is 0 Å². The molecule has 0 aliphatic carbocycles. The van der Waals surface area contributed by atoms with E-state index in [0.29, 0.717) is 34.2 Å². The van der Waals surface area contributed by atoms with Crippen molar-refractivity contribution in [1.82, 2.24) is 19.9 Å². The maximum atomic E-state index is 13.0. The molecule has 5 aromatic rings. The van der Waals surface area contributed by atoms with Crippen molar-refractivity contribution < 1.29 is 0 Å². The van der Waals surface area contributed by atoms with Crippen LogP contribution >= 0.6 is 11.6 Å². The van der Waals surface area contributed by atoms with Crippen molar-refractivity contribution >= 4 is 39.2 Å². The predicted octanol–water partition coefficient (Wildman–Crippen LogP) is 4.73. The van der Waals surface area contributed by atoms with Crippen molar-refractivity contribution in [3.63, 3.8) is 0 Å². The van der Waals surface area contributed by atoms with Crippen LogP contribution < -0.4 is 10.9 Å². The fourth-order valence-corrected chi connectivity index (χ4v) is 3.61. The summed E-state index contributed by atoms with van der Waals surface area (Å²) in [5, 5.41) is 4.83. The highest BCUT2D eigenvalue weighted by Gasteiger charge is 2.18. The van der Waals surface area contributed by atoms with E-state index < -0.39 is 0 Å². The average molecular weight is 402 g/mol. The third-order valence-corrected chi connectivity index (χ3v) is 5.06. The topological polar surface area (TPSA) is 86.5 Å². The molecule has 0 spiro atoms. The summed E-state index contributed by atoms with van der Waals surface area (Å²) in [4.78, 5) is 27.9. The molecule has 0 unspecified atom stereocenters. The Kier molecular flexibility index (Phi) is 4.26. The van der Waals surface area contributed by atoms with E-state index in [0.717, 1.165) is 22.0 Å². The summed E-state index contributed by atoms with van der Waals surface area (Å²) in [7, 11) is 0. The number of fused-ring (bicyclic) bond motifs is 2. The number of halogens is 1. The first kappa shape index (κ1) is 17.5. The number of aromatic nitrogens is 4. The van der Waals surface area contributed by atoms with Gasteiger partial charge in [-0.2, -0.15) is 0 Å². The van der Waals surface area contributed by atoms with E-state index >= 15 is 0 Å². The van der Waals surface area contributed by atoms with Gasteiger partial charge in [-0.05, 0) is 48.0 Å². The lowest BCUT2D eigenvalue weighted by Gasteiger charge is -2.14. The number of benzene rings is 2. The van der Waals surface area contributed by atoms with Crippen LogP contribution in [0.2, 0.25) is 5.02 Å². The first-order chi connectivity index (χ1) is 14.2. The third kappa shape index (κ3) is 3.23. The molecule has 0 amide bonds. The summed E-state index contributed by atoms with van der Waals surface area (Å²) in [6, 6.07) is 16.9. The lowest BCUT2D eigenvalue weighted by atomic mass is 10.1. The van der Waals surface area contributed by atoms with Gasteiger partial charge in [0, 0.05) is 29.3 Å². The van der Waals surface area contributed by atoms with Crippen LogP contribution in [0.1, 0.15) is 5.56 Å². The van der Waals surface area contributed by atoms with Gasteiger partial charge in [-0.25, -0.2) is 4.98 Å². The number of imidazole rings is 1. The Hall–Kier alpha value is -3.64. The summed E-state index contributed by atoms with van der Waals surface area (Å²) in [5.74, 6) is 0.506. The first-order valence-corrected chi connectivity index (χ1v) is 9.50. The molecule has 0 saturated carbocycles. The van der Waals surface area contributed by atoms with Gasteiger partial charge in [-0.15, -0.1) is 0 Å². The molecule has 6 nitrogen and oxygen atoms in total. The van der Waals surface area contributed by atoms with Crippen LogP contribution in [-0.4, -0.2) is 19.9 Å². The molecule has 0 atom stereocenters. The highest BCUT2D eigenvalue weighted by atomic mass is 35.5. The van der Waals surface area contributed by atoms with Crippen molar-refractivity contribution in [2.45, 2.75) is 6.54 Å². The molecule has 0 saturated heterocycles. The second-order valence-corrected chi connectivity index (χ2v) is 7.14. The first-order valence-electron chi connectivity index (χ1n) is 9.12. The summed E-state index contributed by atoms with van der Waals surface area (Å²) < 4.78 is 0. The van der Waals surface area contributed by atoms with E-state index in [1.165, 1.54) is 0 Å². The number of hydrogen-bond acceptors (Lipinski definition) is 4. The van der Waals surface area contributed by atoms with Gasteiger partial charge in [-0.3, -0.25) is 9.78 Å². The molecular weight excluding hydrogens is 386 g/mol. The van der Waals surface area contributed by atoms with E-state index in [-0.39, 0.29) is 5.56 Å². The SMILES string of the molecule is O=c1[nH]c2ccc(Cl)cc2c(NCc2ccncc2)c1-c1nc2ccccc2[nH]1. The Bertz CT molecular complexity index is 1360. The van der Waals surface area contributed by atoms with Crippen LogP contribution in [-0.2, 0) is 6.54 Å². The molecule has 2 aromatic carbocycles. The number of nitrogens with zero attached hydrogens (tertiary/aromatic N) is 2. The normalized spacial score (nSPS) is 11.2. The van der Waals surface area contributed by atoms with Gasteiger partial charge in [0.2, 0.25) is 0 Å². The maximum absolute atomic E-state index is 13.0. The molecule has 0 aliphatic heterocycles. The molecule has 3 heterocycles. The summed E-state index contributed by atoms with van der Waals surface area (Å²) in [6.45, 7) is 0.529. The molecule has 5 rings (SSSR count). The highest BCUT2D eigenvalue weighted by Crippen LogP contribution is 2.32. The minimum Gasteiger partial charge on any atom is -0.380 e. The Balaban J connectivity index is 1.73. The molecule has 3 N–H and O–H groups in total. The number of rotatable bonds is 4. The average Bonchev–Trinajstić information content (AvgIpc) is 3.16. The van der Waals surface area contributed by atoms with Crippen molar-refractivity contribution in [2.75, 3.05) is 5.32 Å². The van der Waals surface area contributed by atoms with Crippen molar-refractivity contribution in [2.24, 2.45) is 0 Å². The van der Waals surface area contributed by atoms with E-state index in [1.54, 1.807) is 24.5 Å². The molecule has 3 aromatic heterocycles. The molecule has 7 heteroatoms. The van der Waals surface area contributed by atoms with E-state index in [2.05, 4.69) is 25.3 Å². The fraction of sp³-hybridized carbons (Fsp3) is 0.0455. The highest BCUT2D eigenvalue weighted by molar-refractivity contribution is 6.31. The largest absolute Gasteiger partial charge is 0.380 e. The lowest BCUT2D eigenvalue weighted by Crippen LogP contribution is -2.14. The van der Waals surface area contributed by atoms with Gasteiger partial charge < -0.3 is 15.3 Å². The zero-order valence-electron chi connectivity index (χ0n) is 15.2. The van der Waals surface area contributed by atoms with Crippen LogP contribution in [0.5, 0.6) is 0 Å². The number of anilines is 1. The van der Waals surface area contributed by atoms with Crippen LogP contribution in [0.3, 0.4) is 0 Å². The Morgan fingerprint density at radius 1 is 0.966 bits per heavy atom. The number of nitrogens with one attached hydrogen (secondary N) is 3. The smallest absolute Gasteiger partial charge is 0.261 e. The number of hydrogen-bond donors (Lipinski definition) is 3. The minimum atomic E-state index is -0.226. The Morgan fingerprint density at radius 3 is 2.62 bits per heavy atom. The van der Waals surface area contributed by atoms with Gasteiger partial charge in [0.1, 0.15) is 11.4 Å². The maximum Gasteiger partial charge on any atom is 0.261 e. The Morgan fingerprint density at radius 2 is 1.79 bits per heavy atom. The molecule has 142 valence electrons. The Labute approximate surface area is 170 Å². The summed E-state index contributed by atoms with van der Waals surface area (Å²) in [5.41, 5.74) is 4.33. The standard InChI is InChI=1S/C22H16ClN5O/c23-14-5-6-16-15(11-14)20(25-12-13-7-9-24-10-8-13)19(22(29)28-16)21-26-17-3-1-2-4-18(17)27-21/h1-11H,12H2,(H,26,27)(H2,25,28,29). The van der Waals surface area contributed by atoms with Crippen LogP contribution in [0.4, 0.5) is 5.69 Å². The number of H-pyrrole nitrogens is 2. The molecule has 29 heavy (non-hydrogen) atoms. The monoisotopic (exact) mass is 401 g/mol. The van der Waals surface area contributed by atoms with Crippen LogP contribution in [0.25, 0.3) is 33.3 Å². The molecule has 0 radical (unpaired) electrons. The van der Waals surface area contributed by atoms with Crippen molar-refractivity contribution in [3.8, 4) is 11.4 Å². The molecular formula is C22H16ClN5O. The van der Waals surface area contributed by atoms with E-state index in [1.807, 2.05) is 42.5 Å². The number of aromatic amines is 2. The second-order valence-electron chi connectivity index (χ2n) is 6.71. The quantitative estimate of drug-likeness (QED) is 0.406. The van der Waals surface area contributed by atoms with Gasteiger partial charge in [0.15, 0.2) is 0 Å². The fourth-order valence-electron chi connectivity index (χ4n) is 3.44. The molecule has 0 bridgehead atoms. The minimum absolute atomic E-state index is 0.226. The zero-order valence-corrected chi connectivity index (χ0v) is 16.0. The lowest BCUT2D eigenvalue weighted by molar-refractivity contribution is 1.12. The third-order valence-electron chi connectivity index (χ3n) is 4.82. The van der Waals surface area contributed by atoms with Gasteiger partial charge in [0.25, 0.3) is 5.56 Å². The van der Waals surface area contributed by atoms with Crippen molar-refractivity contribution in [3.05, 3.63) is 87.9 Å². The van der Waals surface area contributed by atoms with E-state index in [9.17, 15) is 4.79 Å². The summed E-state index contributed by atoms with van der Waals surface area (Å²) >= 11 is 6.26. The van der Waals surface area contributed by atoms with E-state index in [4.69, 9.17) is 11.6 Å². The molecule has 0 fully saturated rings. The number of pyridine rings is 2. The van der Waals surface area contributed by atoms with Gasteiger partial charge in [-0.1, -0.05) is 23.7 Å². The summed E-state index contributed by atoms with van der Waals surface area (Å²) in [6.07, 6.45) is 3.48. The van der Waals surface area contributed by atoms with Crippen LogP contribution in [0, 0.1) is 0 Å². The molecule has 0 aliphatic rings. The second kappa shape index (κ2) is 7.07. The van der Waals surface area contributed by atoms with Gasteiger partial charge in [0.05, 0.1) is 22.2 Å². The predicted molar refractivity (Wildman–Crippen MR) is 116 cm³/mol. The zero-order chi connectivity index (χ0) is 19.8. The number of para-hydroxylation sites is 2. The van der Waals surface area contributed by atoms with Crippen LogP contribution in [0.15, 0.2) is 71.8 Å².